The van der Waals surface area contributed by atoms with Gasteiger partial charge in [-0.1, -0.05) is 31.9 Å². The lowest BCUT2D eigenvalue weighted by Gasteiger charge is -2.24. The number of carbonyl (C=O) groups is 1. The van der Waals surface area contributed by atoms with E-state index in [0.29, 0.717) is 6.42 Å². The Kier molecular flexibility index (Phi) is 4.65. The van der Waals surface area contributed by atoms with Crippen LogP contribution in [-0.4, -0.2) is 23.6 Å². The number of phenolic OH excluding ortho intramolecular Hbond substituents is 1. The van der Waals surface area contributed by atoms with E-state index in [9.17, 15) is 9.90 Å². The van der Waals surface area contributed by atoms with Gasteiger partial charge in [-0.2, -0.15) is 0 Å². The number of hydrogen-bond acceptors (Lipinski definition) is 3. The Labute approximate surface area is 120 Å². The molecular weight excluding hydrogens is 252 g/mol. The second-order valence-corrected chi connectivity index (χ2v) is 6.21. The SMILES string of the molecule is CC1(CNC(=O)[C@H](N)Cc2ccc(O)cc2)CCCC1. The number of aromatic hydroxyl groups is 1. The van der Waals surface area contributed by atoms with Crippen LogP contribution >= 0.6 is 0 Å². The molecule has 0 saturated heterocycles. The van der Waals surface area contributed by atoms with E-state index in [-0.39, 0.29) is 17.1 Å². The summed E-state index contributed by atoms with van der Waals surface area (Å²) >= 11 is 0. The molecule has 0 bridgehead atoms. The summed E-state index contributed by atoms with van der Waals surface area (Å²) < 4.78 is 0. The summed E-state index contributed by atoms with van der Waals surface area (Å²) in [6.07, 6.45) is 5.36. The molecule has 2 rings (SSSR count). The quantitative estimate of drug-likeness (QED) is 0.769. The monoisotopic (exact) mass is 276 g/mol. The predicted molar refractivity (Wildman–Crippen MR) is 79.4 cm³/mol. The number of rotatable bonds is 5. The molecule has 0 aromatic heterocycles. The van der Waals surface area contributed by atoms with Crippen molar-refractivity contribution in [2.75, 3.05) is 6.54 Å². The third-order valence-electron chi connectivity index (χ3n) is 4.23. The van der Waals surface area contributed by atoms with Crippen LogP contribution in [0.1, 0.15) is 38.2 Å². The largest absolute Gasteiger partial charge is 0.508 e. The van der Waals surface area contributed by atoms with Gasteiger partial charge in [0.25, 0.3) is 0 Å². The Morgan fingerprint density at radius 1 is 1.35 bits per heavy atom. The molecule has 1 aliphatic rings. The highest BCUT2D eigenvalue weighted by atomic mass is 16.3. The molecule has 1 amide bonds. The van der Waals surface area contributed by atoms with E-state index in [2.05, 4.69) is 12.2 Å². The van der Waals surface area contributed by atoms with Crippen molar-refractivity contribution in [1.82, 2.24) is 5.32 Å². The fourth-order valence-electron chi connectivity index (χ4n) is 2.82. The van der Waals surface area contributed by atoms with E-state index in [0.717, 1.165) is 12.1 Å². The minimum absolute atomic E-state index is 0.0915. The van der Waals surface area contributed by atoms with E-state index in [4.69, 9.17) is 5.73 Å². The third kappa shape index (κ3) is 3.97. The Balaban J connectivity index is 1.81. The first-order chi connectivity index (χ1) is 9.48. The fraction of sp³-hybridized carbons (Fsp3) is 0.562. The van der Waals surface area contributed by atoms with Gasteiger partial charge < -0.3 is 16.2 Å². The van der Waals surface area contributed by atoms with Crippen molar-refractivity contribution in [3.63, 3.8) is 0 Å². The third-order valence-corrected chi connectivity index (χ3v) is 4.23. The van der Waals surface area contributed by atoms with Crippen LogP contribution in [0.25, 0.3) is 0 Å². The van der Waals surface area contributed by atoms with Gasteiger partial charge in [0.15, 0.2) is 0 Å². The molecule has 1 aromatic rings. The molecule has 1 fully saturated rings. The molecule has 4 heteroatoms. The standard InChI is InChI=1S/C16H24N2O2/c1-16(8-2-3-9-16)11-18-15(20)14(17)10-12-4-6-13(19)7-5-12/h4-7,14,19H,2-3,8-11,17H2,1H3,(H,18,20)/t14-/m1/s1. The molecule has 0 aliphatic heterocycles. The molecular formula is C16H24N2O2. The van der Waals surface area contributed by atoms with Crippen molar-refractivity contribution in [3.8, 4) is 5.75 Å². The maximum absolute atomic E-state index is 12.0. The predicted octanol–water partition coefficient (Wildman–Crippen LogP) is 1.96. The molecule has 1 saturated carbocycles. The molecule has 0 spiro atoms. The normalized spacial score (nSPS) is 18.7. The zero-order valence-corrected chi connectivity index (χ0v) is 12.1. The molecule has 4 N–H and O–H groups in total. The first-order valence-electron chi connectivity index (χ1n) is 7.30. The molecule has 0 radical (unpaired) electrons. The first-order valence-corrected chi connectivity index (χ1v) is 7.30. The van der Waals surface area contributed by atoms with Crippen molar-refractivity contribution >= 4 is 5.91 Å². The Bertz CT molecular complexity index is 450. The molecule has 0 heterocycles. The maximum atomic E-state index is 12.0. The Morgan fingerprint density at radius 2 is 1.95 bits per heavy atom. The zero-order valence-electron chi connectivity index (χ0n) is 12.1. The van der Waals surface area contributed by atoms with Gasteiger partial charge in [0, 0.05) is 6.54 Å². The topological polar surface area (TPSA) is 75.4 Å². The van der Waals surface area contributed by atoms with E-state index in [1.54, 1.807) is 24.3 Å². The van der Waals surface area contributed by atoms with E-state index in [1.165, 1.54) is 25.7 Å². The van der Waals surface area contributed by atoms with Gasteiger partial charge in [-0.15, -0.1) is 0 Å². The molecule has 0 unspecified atom stereocenters. The van der Waals surface area contributed by atoms with Crippen LogP contribution in [0.4, 0.5) is 0 Å². The van der Waals surface area contributed by atoms with Gasteiger partial charge in [-0.25, -0.2) is 0 Å². The van der Waals surface area contributed by atoms with Gasteiger partial charge in [0.1, 0.15) is 5.75 Å². The summed E-state index contributed by atoms with van der Waals surface area (Å²) in [4.78, 5) is 12.0. The molecule has 1 atom stereocenters. The maximum Gasteiger partial charge on any atom is 0.237 e. The van der Waals surface area contributed by atoms with Crippen molar-refractivity contribution in [2.45, 2.75) is 45.1 Å². The lowest BCUT2D eigenvalue weighted by atomic mass is 9.89. The van der Waals surface area contributed by atoms with Crippen LogP contribution in [0.15, 0.2) is 24.3 Å². The average molecular weight is 276 g/mol. The highest BCUT2D eigenvalue weighted by molar-refractivity contribution is 5.81. The van der Waals surface area contributed by atoms with Crippen molar-refractivity contribution in [2.24, 2.45) is 11.1 Å². The molecule has 1 aromatic carbocycles. The summed E-state index contributed by atoms with van der Waals surface area (Å²) in [5, 5.41) is 12.2. The van der Waals surface area contributed by atoms with Gasteiger partial charge in [-0.05, 0) is 42.4 Å². The van der Waals surface area contributed by atoms with Crippen LogP contribution < -0.4 is 11.1 Å². The second-order valence-electron chi connectivity index (χ2n) is 6.21. The van der Waals surface area contributed by atoms with Crippen LogP contribution in [0, 0.1) is 5.41 Å². The lowest BCUT2D eigenvalue weighted by Crippen LogP contribution is -2.45. The first kappa shape index (κ1) is 14.9. The molecule has 20 heavy (non-hydrogen) atoms. The fourth-order valence-corrected chi connectivity index (χ4v) is 2.82. The summed E-state index contributed by atoms with van der Waals surface area (Å²) in [6, 6.07) is 6.27. The van der Waals surface area contributed by atoms with Crippen molar-refractivity contribution < 1.29 is 9.90 Å². The number of amides is 1. The summed E-state index contributed by atoms with van der Waals surface area (Å²) in [6.45, 7) is 2.95. The van der Waals surface area contributed by atoms with Crippen LogP contribution in [0.2, 0.25) is 0 Å². The van der Waals surface area contributed by atoms with Crippen LogP contribution in [0.5, 0.6) is 5.75 Å². The lowest BCUT2D eigenvalue weighted by molar-refractivity contribution is -0.122. The van der Waals surface area contributed by atoms with E-state index in [1.807, 2.05) is 0 Å². The van der Waals surface area contributed by atoms with Gasteiger partial charge in [0.2, 0.25) is 5.91 Å². The molecule has 110 valence electrons. The van der Waals surface area contributed by atoms with Crippen LogP contribution in [0.3, 0.4) is 0 Å². The summed E-state index contributed by atoms with van der Waals surface area (Å²) in [5.41, 5.74) is 7.14. The highest BCUT2D eigenvalue weighted by Gasteiger charge is 2.29. The van der Waals surface area contributed by atoms with Gasteiger partial charge in [0.05, 0.1) is 6.04 Å². The summed E-state index contributed by atoms with van der Waals surface area (Å²) in [7, 11) is 0. The van der Waals surface area contributed by atoms with E-state index < -0.39 is 6.04 Å². The van der Waals surface area contributed by atoms with Gasteiger partial charge in [-0.3, -0.25) is 4.79 Å². The Hall–Kier alpha value is -1.55. The van der Waals surface area contributed by atoms with Gasteiger partial charge >= 0.3 is 0 Å². The average Bonchev–Trinajstić information content (AvgIpc) is 2.86. The van der Waals surface area contributed by atoms with Crippen LogP contribution in [-0.2, 0) is 11.2 Å². The smallest absolute Gasteiger partial charge is 0.237 e. The zero-order chi connectivity index (χ0) is 14.6. The number of phenols is 1. The molecule has 1 aliphatic carbocycles. The number of hydrogen-bond donors (Lipinski definition) is 3. The number of nitrogens with one attached hydrogen (secondary N) is 1. The van der Waals surface area contributed by atoms with Crippen molar-refractivity contribution in [3.05, 3.63) is 29.8 Å². The minimum atomic E-state index is -0.537. The number of nitrogens with two attached hydrogens (primary N) is 1. The van der Waals surface area contributed by atoms with E-state index >= 15 is 0 Å². The van der Waals surface area contributed by atoms with Crippen molar-refractivity contribution in [1.29, 1.82) is 0 Å². The number of carbonyl (C=O) groups excluding carboxylic acids is 1. The summed E-state index contributed by atoms with van der Waals surface area (Å²) in [5.74, 6) is 0.132. The molecule has 4 nitrogen and oxygen atoms in total. The highest BCUT2D eigenvalue weighted by Crippen LogP contribution is 2.36. The second kappa shape index (κ2) is 6.27. The number of benzene rings is 1. The Morgan fingerprint density at radius 3 is 2.55 bits per heavy atom. The minimum Gasteiger partial charge on any atom is -0.508 e.